The highest BCUT2D eigenvalue weighted by atomic mass is 16.4. The van der Waals surface area contributed by atoms with Crippen LogP contribution in [0.15, 0.2) is 12.2 Å². The first-order valence-electron chi connectivity index (χ1n) is 9.53. The van der Waals surface area contributed by atoms with Crippen molar-refractivity contribution in [1.82, 2.24) is 0 Å². The monoisotopic (exact) mass is 310 g/mol. The molecule has 2 heteroatoms. The fraction of sp³-hybridized carbons (Fsp3) is 0.850. The number of carbonyl (C=O) groups is 1. The van der Waals surface area contributed by atoms with Gasteiger partial charge in [0.15, 0.2) is 0 Å². The number of carboxylic acids is 1. The largest absolute Gasteiger partial charge is 0.481 e. The zero-order valence-electron chi connectivity index (χ0n) is 15.0. The zero-order valence-corrected chi connectivity index (χ0v) is 15.0. The van der Waals surface area contributed by atoms with E-state index in [-0.39, 0.29) is 0 Å². The maximum atomic E-state index is 10.4. The molecular formula is C20H38O2. The van der Waals surface area contributed by atoms with Crippen LogP contribution in [0, 0.1) is 5.92 Å². The van der Waals surface area contributed by atoms with Crippen LogP contribution in [0.1, 0.15) is 104 Å². The van der Waals surface area contributed by atoms with Crippen LogP contribution in [0.4, 0.5) is 0 Å². The summed E-state index contributed by atoms with van der Waals surface area (Å²) in [5, 5.41) is 8.59. The van der Waals surface area contributed by atoms with Crippen LogP contribution in [0.3, 0.4) is 0 Å². The molecule has 0 aliphatic heterocycles. The standard InChI is InChI=1S/C20H38O2/c1-3-4-5-6-7-8-9-10-11-12-13-16-19(2)17-14-15-18-20(21)22/h11-12,19H,3-10,13-18H2,1-2H3,(H,21,22)/b12-11+. The number of aliphatic carboxylic acids is 1. The Hall–Kier alpha value is -0.790. The molecular weight excluding hydrogens is 272 g/mol. The molecule has 0 rings (SSSR count). The normalized spacial score (nSPS) is 12.8. The van der Waals surface area contributed by atoms with Gasteiger partial charge in [-0.1, -0.05) is 77.4 Å². The van der Waals surface area contributed by atoms with E-state index >= 15 is 0 Å². The molecule has 0 saturated heterocycles. The highest BCUT2D eigenvalue weighted by molar-refractivity contribution is 5.66. The molecule has 0 amide bonds. The molecule has 0 aliphatic rings. The zero-order chi connectivity index (χ0) is 16.5. The lowest BCUT2D eigenvalue weighted by atomic mass is 9.98. The fourth-order valence-electron chi connectivity index (χ4n) is 2.75. The van der Waals surface area contributed by atoms with Gasteiger partial charge in [0, 0.05) is 6.42 Å². The molecule has 0 aliphatic carbocycles. The average molecular weight is 311 g/mol. The van der Waals surface area contributed by atoms with Crippen molar-refractivity contribution in [2.45, 2.75) is 104 Å². The van der Waals surface area contributed by atoms with Gasteiger partial charge in [0.25, 0.3) is 0 Å². The third-order valence-electron chi connectivity index (χ3n) is 4.30. The van der Waals surface area contributed by atoms with Crippen molar-refractivity contribution in [3.63, 3.8) is 0 Å². The van der Waals surface area contributed by atoms with Crippen molar-refractivity contribution < 1.29 is 9.90 Å². The quantitative estimate of drug-likeness (QED) is 0.253. The molecule has 0 heterocycles. The van der Waals surface area contributed by atoms with Crippen LogP contribution in [0.5, 0.6) is 0 Å². The molecule has 22 heavy (non-hydrogen) atoms. The molecule has 0 bridgehead atoms. The fourth-order valence-corrected chi connectivity index (χ4v) is 2.75. The first-order chi connectivity index (χ1) is 10.7. The van der Waals surface area contributed by atoms with E-state index in [9.17, 15) is 4.79 Å². The van der Waals surface area contributed by atoms with Crippen molar-refractivity contribution in [1.29, 1.82) is 0 Å². The molecule has 0 radical (unpaired) electrons. The molecule has 130 valence electrons. The Bertz CT molecular complexity index is 271. The number of hydrogen-bond donors (Lipinski definition) is 1. The Morgan fingerprint density at radius 2 is 1.50 bits per heavy atom. The summed E-state index contributed by atoms with van der Waals surface area (Å²) in [6, 6.07) is 0. The van der Waals surface area contributed by atoms with Crippen LogP contribution >= 0.6 is 0 Å². The number of unbranched alkanes of at least 4 members (excludes halogenated alkanes) is 8. The van der Waals surface area contributed by atoms with E-state index < -0.39 is 5.97 Å². The molecule has 0 saturated carbocycles. The van der Waals surface area contributed by atoms with Gasteiger partial charge in [0.05, 0.1) is 0 Å². The number of hydrogen-bond acceptors (Lipinski definition) is 1. The van der Waals surface area contributed by atoms with E-state index in [2.05, 4.69) is 26.0 Å². The SMILES string of the molecule is CCCCCCCCC/C=C/CCC(C)CCCCC(=O)O. The summed E-state index contributed by atoms with van der Waals surface area (Å²) in [5.74, 6) is 0.0537. The van der Waals surface area contributed by atoms with Crippen LogP contribution in [-0.2, 0) is 4.79 Å². The summed E-state index contributed by atoms with van der Waals surface area (Å²) in [4.78, 5) is 10.4. The maximum Gasteiger partial charge on any atom is 0.303 e. The molecule has 0 aromatic heterocycles. The van der Waals surface area contributed by atoms with Crippen molar-refractivity contribution in [3.05, 3.63) is 12.2 Å². The van der Waals surface area contributed by atoms with Gasteiger partial charge in [-0.2, -0.15) is 0 Å². The lowest BCUT2D eigenvalue weighted by Crippen LogP contribution is -1.97. The third-order valence-corrected chi connectivity index (χ3v) is 4.30. The molecule has 1 unspecified atom stereocenters. The summed E-state index contributed by atoms with van der Waals surface area (Å²) in [7, 11) is 0. The topological polar surface area (TPSA) is 37.3 Å². The second-order valence-corrected chi connectivity index (χ2v) is 6.70. The molecule has 0 aromatic rings. The summed E-state index contributed by atoms with van der Waals surface area (Å²) in [6.45, 7) is 4.55. The van der Waals surface area contributed by atoms with Crippen LogP contribution in [-0.4, -0.2) is 11.1 Å². The first kappa shape index (κ1) is 21.2. The van der Waals surface area contributed by atoms with Gasteiger partial charge in [-0.3, -0.25) is 4.79 Å². The number of carboxylic acid groups (broad SMARTS) is 1. The minimum absolute atomic E-state index is 0.324. The van der Waals surface area contributed by atoms with Crippen molar-refractivity contribution in [2.75, 3.05) is 0 Å². The Morgan fingerprint density at radius 1 is 0.864 bits per heavy atom. The van der Waals surface area contributed by atoms with Gasteiger partial charge in [-0.25, -0.2) is 0 Å². The highest BCUT2D eigenvalue weighted by Gasteiger charge is 2.02. The third kappa shape index (κ3) is 17.3. The number of rotatable bonds is 16. The number of allylic oxidation sites excluding steroid dienone is 2. The molecule has 0 aromatic carbocycles. The first-order valence-corrected chi connectivity index (χ1v) is 9.53. The minimum atomic E-state index is -0.666. The van der Waals surface area contributed by atoms with Gasteiger partial charge < -0.3 is 5.11 Å². The highest BCUT2D eigenvalue weighted by Crippen LogP contribution is 2.15. The van der Waals surface area contributed by atoms with E-state index in [0.29, 0.717) is 6.42 Å². The summed E-state index contributed by atoms with van der Waals surface area (Å²) in [6.07, 6.45) is 21.4. The second kappa shape index (κ2) is 16.6. The smallest absolute Gasteiger partial charge is 0.303 e. The van der Waals surface area contributed by atoms with Gasteiger partial charge in [0.1, 0.15) is 0 Å². The predicted octanol–water partition coefficient (Wildman–Crippen LogP) is 6.74. The van der Waals surface area contributed by atoms with Crippen molar-refractivity contribution >= 4 is 5.97 Å². The van der Waals surface area contributed by atoms with Gasteiger partial charge in [0.2, 0.25) is 0 Å². The molecule has 2 nitrogen and oxygen atoms in total. The predicted molar refractivity (Wildman–Crippen MR) is 96.3 cm³/mol. The van der Waals surface area contributed by atoms with E-state index in [1.54, 1.807) is 0 Å². The average Bonchev–Trinajstić information content (AvgIpc) is 2.49. The Balaban J connectivity index is 3.26. The Kier molecular flexibility index (Phi) is 16.0. The molecule has 1 atom stereocenters. The Labute approximate surface area is 138 Å². The lowest BCUT2D eigenvalue weighted by Gasteiger charge is -2.08. The summed E-state index contributed by atoms with van der Waals surface area (Å²) < 4.78 is 0. The summed E-state index contributed by atoms with van der Waals surface area (Å²) >= 11 is 0. The molecule has 0 spiro atoms. The van der Waals surface area contributed by atoms with Crippen LogP contribution < -0.4 is 0 Å². The van der Waals surface area contributed by atoms with Gasteiger partial charge >= 0.3 is 5.97 Å². The van der Waals surface area contributed by atoms with E-state index in [0.717, 1.165) is 18.8 Å². The molecule has 1 N–H and O–H groups in total. The van der Waals surface area contributed by atoms with E-state index in [1.165, 1.54) is 70.6 Å². The summed E-state index contributed by atoms with van der Waals surface area (Å²) in [5.41, 5.74) is 0. The van der Waals surface area contributed by atoms with Gasteiger partial charge in [-0.05, 0) is 38.0 Å². The van der Waals surface area contributed by atoms with Crippen LogP contribution in [0.25, 0.3) is 0 Å². The second-order valence-electron chi connectivity index (χ2n) is 6.70. The molecule has 0 fully saturated rings. The maximum absolute atomic E-state index is 10.4. The van der Waals surface area contributed by atoms with Crippen molar-refractivity contribution in [3.8, 4) is 0 Å². The van der Waals surface area contributed by atoms with E-state index in [4.69, 9.17) is 5.11 Å². The van der Waals surface area contributed by atoms with Crippen LogP contribution in [0.2, 0.25) is 0 Å². The van der Waals surface area contributed by atoms with Gasteiger partial charge in [-0.15, -0.1) is 0 Å². The Morgan fingerprint density at radius 3 is 2.18 bits per heavy atom. The van der Waals surface area contributed by atoms with Crippen molar-refractivity contribution in [2.24, 2.45) is 5.92 Å². The lowest BCUT2D eigenvalue weighted by molar-refractivity contribution is -0.137. The van der Waals surface area contributed by atoms with E-state index in [1.807, 2.05) is 0 Å². The minimum Gasteiger partial charge on any atom is -0.481 e.